The molecule has 0 aromatic heterocycles. The molecule has 0 heterocycles. The van der Waals surface area contributed by atoms with Crippen LogP contribution in [0.5, 0.6) is 5.75 Å². The Bertz CT molecular complexity index is 1760. The van der Waals surface area contributed by atoms with Crippen LogP contribution in [0.1, 0.15) is 132 Å². The van der Waals surface area contributed by atoms with E-state index in [1.165, 1.54) is 11.1 Å². The smallest absolute Gasteiger partial charge is 0.185 e. The summed E-state index contributed by atoms with van der Waals surface area (Å²) in [4.78, 5) is 26.3. The van der Waals surface area contributed by atoms with Gasteiger partial charge in [-0.25, -0.2) is 0 Å². The maximum absolute atomic E-state index is 13.2. The molecule has 0 saturated heterocycles. The molecule has 3 nitrogen and oxygen atoms in total. The second kappa shape index (κ2) is 15.6. The van der Waals surface area contributed by atoms with E-state index in [9.17, 15) is 9.59 Å². The van der Waals surface area contributed by atoms with Crippen LogP contribution in [-0.4, -0.2) is 17.7 Å². The Morgan fingerprint density at radius 1 is 0.519 bits per heavy atom. The fourth-order valence-electron chi connectivity index (χ4n) is 6.45. The van der Waals surface area contributed by atoms with Crippen molar-refractivity contribution < 1.29 is 14.3 Å². The largest absolute Gasteiger partial charge is 0.491 e. The van der Waals surface area contributed by atoms with E-state index in [2.05, 4.69) is 150 Å². The average Bonchev–Trinajstić information content (AvgIpc) is 3.04. The van der Waals surface area contributed by atoms with Crippen molar-refractivity contribution >= 4 is 11.6 Å². The van der Waals surface area contributed by atoms with E-state index in [0.717, 1.165) is 33.6 Å². The molecule has 2 atom stereocenters. The second-order valence-electron chi connectivity index (χ2n) is 19.0. The summed E-state index contributed by atoms with van der Waals surface area (Å²) < 4.78 is 5.74. The van der Waals surface area contributed by atoms with E-state index in [0.29, 0.717) is 0 Å². The molecular weight excluding hydrogens is 637 g/mol. The number of carbonyl (C=O) groups excluding carboxylic acids is 2. The Morgan fingerprint density at radius 2 is 0.846 bits per heavy atom. The summed E-state index contributed by atoms with van der Waals surface area (Å²) >= 11 is 0. The Balaban J connectivity index is 0.000000280. The molecule has 0 radical (unpaired) electrons. The Hall–Kier alpha value is -3.98. The Labute approximate surface area is 316 Å². The lowest BCUT2D eigenvalue weighted by Crippen LogP contribution is -2.29. The van der Waals surface area contributed by atoms with Gasteiger partial charge in [-0.2, -0.15) is 0 Å². The first kappa shape index (κ1) is 42.4. The van der Waals surface area contributed by atoms with Gasteiger partial charge in [0.1, 0.15) is 5.75 Å². The Morgan fingerprint density at radius 3 is 1.13 bits per heavy atom. The number of carbonyl (C=O) groups is 2. The summed E-state index contributed by atoms with van der Waals surface area (Å²) in [5.74, 6) is 1.35. The summed E-state index contributed by atoms with van der Waals surface area (Å²) in [5, 5.41) is 0. The third kappa shape index (κ3) is 10.1. The van der Waals surface area contributed by atoms with Crippen LogP contribution in [0.4, 0.5) is 0 Å². The molecule has 0 spiro atoms. The molecule has 2 aromatic rings. The zero-order chi connectivity index (χ0) is 39.6. The fourth-order valence-corrected chi connectivity index (χ4v) is 6.45. The molecule has 4 rings (SSSR count). The predicted octanol–water partition coefficient (Wildman–Crippen LogP) is 13.0. The highest BCUT2D eigenvalue weighted by Gasteiger charge is 2.37. The summed E-state index contributed by atoms with van der Waals surface area (Å²) in [6.07, 6.45) is 12.4. The van der Waals surface area contributed by atoms with Crippen LogP contribution < -0.4 is 4.74 Å². The maximum Gasteiger partial charge on any atom is 0.185 e. The van der Waals surface area contributed by atoms with Gasteiger partial charge >= 0.3 is 0 Å². The van der Waals surface area contributed by atoms with Gasteiger partial charge in [-0.05, 0) is 58.9 Å². The van der Waals surface area contributed by atoms with Crippen molar-refractivity contribution in [2.45, 2.75) is 127 Å². The van der Waals surface area contributed by atoms with Crippen molar-refractivity contribution in [1.29, 1.82) is 0 Å². The highest BCUT2D eigenvalue weighted by Crippen LogP contribution is 2.44. The molecule has 2 aliphatic carbocycles. The predicted molar refractivity (Wildman–Crippen MR) is 222 cm³/mol. The maximum atomic E-state index is 13.2. The quantitative estimate of drug-likeness (QED) is 0.257. The van der Waals surface area contributed by atoms with E-state index >= 15 is 0 Å². The van der Waals surface area contributed by atoms with Crippen molar-refractivity contribution in [2.75, 3.05) is 0 Å². The Kier molecular flexibility index (Phi) is 12.7. The standard InChI is InChI=1S/C25H34O.C24H32O2/c1-10-25(8,9)21-16-18(15-20(22(21)26)24(5,6)7)17-11-13-19(14-12-17)23(2,3)4;1-9-24(7,8)21-15-18(14-20(22(21)25)23(4,5)6)17-10-12-19(13-11-17)26-16(2)3/h10-16,18H,1H2,2-9H3;9-16,18H,1H2,2-8H3. The monoisotopic (exact) mass is 703 g/mol. The number of benzene rings is 2. The summed E-state index contributed by atoms with van der Waals surface area (Å²) in [6, 6.07) is 17.0. The molecule has 2 unspecified atom stereocenters. The molecule has 2 aromatic carbocycles. The molecule has 0 amide bonds. The minimum Gasteiger partial charge on any atom is -0.491 e. The van der Waals surface area contributed by atoms with Gasteiger partial charge in [0.15, 0.2) is 11.6 Å². The van der Waals surface area contributed by atoms with Gasteiger partial charge in [0, 0.05) is 45.0 Å². The molecule has 0 N–H and O–H groups in total. The number of ether oxygens (including phenoxy) is 1. The average molecular weight is 703 g/mol. The van der Waals surface area contributed by atoms with Crippen molar-refractivity contribution in [3.05, 3.63) is 137 Å². The molecule has 52 heavy (non-hydrogen) atoms. The number of rotatable bonds is 8. The minimum absolute atomic E-state index is 0.0734. The fraction of sp³-hybridized carbons (Fsp3) is 0.469. The van der Waals surface area contributed by atoms with E-state index in [4.69, 9.17) is 4.74 Å². The number of allylic oxidation sites excluding steroid dienone is 10. The number of hydrogen-bond donors (Lipinski definition) is 0. The van der Waals surface area contributed by atoms with Crippen LogP contribution in [0.3, 0.4) is 0 Å². The molecule has 2 aliphatic rings. The normalized spacial score (nSPS) is 18.8. The summed E-state index contributed by atoms with van der Waals surface area (Å²) in [5.41, 5.74) is 6.21. The lowest BCUT2D eigenvalue weighted by atomic mass is 9.69. The number of hydrogen-bond acceptors (Lipinski definition) is 3. The van der Waals surface area contributed by atoms with Crippen LogP contribution in [0.15, 0.2) is 120 Å². The molecule has 0 fully saturated rings. The van der Waals surface area contributed by atoms with Crippen LogP contribution >= 0.6 is 0 Å². The first-order chi connectivity index (χ1) is 23.7. The second-order valence-corrected chi connectivity index (χ2v) is 19.0. The zero-order valence-corrected chi connectivity index (χ0v) is 35.0. The number of Topliss-reactive ketones (excluding diaryl/α,β-unsaturated/α-hetero) is 2. The molecule has 0 saturated carbocycles. The summed E-state index contributed by atoms with van der Waals surface area (Å²) in [6.45, 7) is 39.4. The van der Waals surface area contributed by atoms with Crippen LogP contribution in [-0.2, 0) is 15.0 Å². The van der Waals surface area contributed by atoms with Gasteiger partial charge in [-0.3, -0.25) is 9.59 Å². The van der Waals surface area contributed by atoms with Crippen LogP contribution in [0, 0.1) is 21.7 Å². The van der Waals surface area contributed by atoms with Crippen molar-refractivity contribution in [3.8, 4) is 5.75 Å². The van der Waals surface area contributed by atoms with Gasteiger partial charge in [0.05, 0.1) is 6.10 Å². The minimum atomic E-state index is -0.360. The third-order valence-electron chi connectivity index (χ3n) is 10.2. The molecule has 0 aliphatic heterocycles. The highest BCUT2D eigenvalue weighted by atomic mass is 16.5. The van der Waals surface area contributed by atoms with E-state index < -0.39 is 0 Å². The van der Waals surface area contributed by atoms with Crippen LogP contribution in [0.2, 0.25) is 0 Å². The van der Waals surface area contributed by atoms with Crippen LogP contribution in [0.25, 0.3) is 0 Å². The molecule has 3 heteroatoms. The molecule has 280 valence electrons. The first-order valence-electron chi connectivity index (χ1n) is 18.9. The van der Waals surface area contributed by atoms with Crippen molar-refractivity contribution in [2.24, 2.45) is 21.7 Å². The van der Waals surface area contributed by atoms with E-state index in [1.807, 2.05) is 52.0 Å². The van der Waals surface area contributed by atoms with Gasteiger partial charge < -0.3 is 4.74 Å². The zero-order valence-electron chi connectivity index (χ0n) is 35.0. The first-order valence-corrected chi connectivity index (χ1v) is 18.9. The van der Waals surface area contributed by atoms with Crippen molar-refractivity contribution in [1.82, 2.24) is 0 Å². The van der Waals surface area contributed by atoms with Gasteiger partial charge in [0.25, 0.3) is 0 Å². The van der Waals surface area contributed by atoms with E-state index in [1.54, 1.807) is 0 Å². The van der Waals surface area contributed by atoms with Crippen molar-refractivity contribution in [3.63, 3.8) is 0 Å². The van der Waals surface area contributed by atoms with Gasteiger partial charge in [-0.15, -0.1) is 13.2 Å². The third-order valence-corrected chi connectivity index (χ3v) is 10.2. The highest BCUT2D eigenvalue weighted by molar-refractivity contribution is 6.12. The van der Waals surface area contributed by atoms with E-state index in [-0.39, 0.29) is 56.6 Å². The molecular formula is C49H66O3. The van der Waals surface area contributed by atoms with Gasteiger partial charge in [0.2, 0.25) is 0 Å². The lowest BCUT2D eigenvalue weighted by molar-refractivity contribution is -0.114. The molecule has 0 bridgehead atoms. The summed E-state index contributed by atoms with van der Waals surface area (Å²) in [7, 11) is 0. The lowest BCUT2D eigenvalue weighted by Gasteiger charge is -2.33. The SMILES string of the molecule is C=CC(C)(C)C1=CC(c2ccc(C(C)(C)C)cc2)C=C(C(C)(C)C)C1=O.C=CC(C)(C)C1=CC(c2ccc(OC(C)C)cc2)C=C(C(C)(C)C)C1=O. The topological polar surface area (TPSA) is 43.4 Å². The number of ketones is 2. The van der Waals surface area contributed by atoms with Gasteiger partial charge in [-0.1, -0.05) is 163 Å².